The van der Waals surface area contributed by atoms with E-state index < -0.39 is 0 Å². The van der Waals surface area contributed by atoms with Crippen molar-refractivity contribution in [1.82, 2.24) is 20.3 Å². The van der Waals surface area contributed by atoms with Gasteiger partial charge in [0, 0.05) is 23.3 Å². The van der Waals surface area contributed by atoms with Gasteiger partial charge in [0.15, 0.2) is 0 Å². The monoisotopic (exact) mass is 424 g/mol. The maximum Gasteiger partial charge on any atom is 0.262 e. The highest BCUT2D eigenvalue weighted by atomic mass is 35.5. The lowest BCUT2D eigenvalue weighted by Gasteiger charge is -2.26. The smallest absolute Gasteiger partial charge is 0.262 e. The Bertz CT molecular complexity index is 1280. The van der Waals surface area contributed by atoms with Gasteiger partial charge in [-0.2, -0.15) is 0 Å². The molecule has 1 N–H and O–H groups in total. The molecule has 4 heterocycles. The zero-order valence-corrected chi connectivity index (χ0v) is 17.4. The number of hydrogen-bond donors (Lipinski definition) is 1. The molecule has 8 heteroatoms. The molecule has 0 spiro atoms. The topological polar surface area (TPSA) is 77.0 Å². The predicted octanol–water partition coefficient (Wildman–Crippen LogP) is 4.31. The second kappa shape index (κ2) is 7.02. The Hall–Kier alpha value is -2.61. The number of rotatable bonds is 3. The van der Waals surface area contributed by atoms with Crippen LogP contribution in [-0.4, -0.2) is 40.1 Å². The summed E-state index contributed by atoms with van der Waals surface area (Å²) in [5, 5.41) is 4.58. The van der Waals surface area contributed by atoms with Crippen LogP contribution in [0.2, 0.25) is 5.02 Å². The van der Waals surface area contributed by atoms with Gasteiger partial charge in [-0.15, -0.1) is 11.3 Å². The van der Waals surface area contributed by atoms with Gasteiger partial charge in [0.05, 0.1) is 41.0 Å². The van der Waals surface area contributed by atoms with Crippen LogP contribution < -0.4 is 5.32 Å². The largest absolute Gasteiger partial charge is 0.377 e. The molecule has 5 rings (SSSR count). The molecule has 0 unspecified atom stereocenters. The lowest BCUT2D eigenvalue weighted by Crippen LogP contribution is -2.48. The molecule has 1 aliphatic heterocycles. The molecule has 1 aromatic carbocycles. The van der Waals surface area contributed by atoms with Gasteiger partial charge in [0.1, 0.15) is 9.71 Å². The fourth-order valence-electron chi connectivity index (χ4n) is 3.55. The molecule has 0 saturated carbocycles. The van der Waals surface area contributed by atoms with Crippen LogP contribution in [-0.2, 0) is 4.74 Å². The third-order valence-electron chi connectivity index (χ3n) is 5.12. The summed E-state index contributed by atoms with van der Waals surface area (Å²) in [6, 6.07) is 5.89. The summed E-state index contributed by atoms with van der Waals surface area (Å²) in [7, 11) is 0. The number of halogens is 1. The van der Waals surface area contributed by atoms with E-state index in [4.69, 9.17) is 16.3 Å². The molecule has 4 aromatic rings. The predicted molar refractivity (Wildman–Crippen MR) is 115 cm³/mol. The number of aryl methyl sites for hydroxylation is 2. The first-order chi connectivity index (χ1) is 14.0. The molecule has 1 amide bonds. The Morgan fingerprint density at radius 2 is 1.97 bits per heavy atom. The van der Waals surface area contributed by atoms with Crippen molar-refractivity contribution >= 4 is 50.1 Å². The number of amides is 1. The van der Waals surface area contributed by atoms with Crippen molar-refractivity contribution in [3.8, 4) is 11.1 Å². The van der Waals surface area contributed by atoms with E-state index in [1.54, 1.807) is 12.4 Å². The number of ether oxygens (including phenoxy) is 1. The van der Waals surface area contributed by atoms with Gasteiger partial charge in [0.25, 0.3) is 5.91 Å². The highest BCUT2D eigenvalue weighted by Gasteiger charge is 2.27. The van der Waals surface area contributed by atoms with Crippen molar-refractivity contribution in [3.05, 3.63) is 51.7 Å². The molecule has 146 valence electrons. The summed E-state index contributed by atoms with van der Waals surface area (Å²) in [4.78, 5) is 27.9. The van der Waals surface area contributed by atoms with Gasteiger partial charge < -0.3 is 10.1 Å². The van der Waals surface area contributed by atoms with Crippen LogP contribution in [0.25, 0.3) is 32.4 Å². The van der Waals surface area contributed by atoms with Gasteiger partial charge in [-0.1, -0.05) is 17.7 Å². The van der Waals surface area contributed by atoms with E-state index in [9.17, 15) is 4.79 Å². The zero-order valence-electron chi connectivity index (χ0n) is 15.8. The number of carbonyl (C=O) groups is 1. The van der Waals surface area contributed by atoms with Crippen LogP contribution in [0.4, 0.5) is 0 Å². The SMILES string of the molecule is Cc1nc2sc(C(=O)NC3COC3)c(-c3ccc4nccnc4c3)c2c(C)c1Cl. The highest BCUT2D eigenvalue weighted by Crippen LogP contribution is 2.42. The fourth-order valence-corrected chi connectivity index (χ4v) is 4.90. The minimum atomic E-state index is -0.122. The van der Waals surface area contributed by atoms with Crippen molar-refractivity contribution in [1.29, 1.82) is 0 Å². The van der Waals surface area contributed by atoms with E-state index in [2.05, 4.69) is 20.3 Å². The van der Waals surface area contributed by atoms with Crippen molar-refractivity contribution in [3.63, 3.8) is 0 Å². The minimum Gasteiger partial charge on any atom is -0.377 e. The maximum absolute atomic E-state index is 13.1. The summed E-state index contributed by atoms with van der Waals surface area (Å²) in [6.07, 6.45) is 3.33. The van der Waals surface area contributed by atoms with Crippen LogP contribution in [0.3, 0.4) is 0 Å². The number of fused-ring (bicyclic) bond motifs is 2. The first kappa shape index (κ1) is 18.4. The van der Waals surface area contributed by atoms with Gasteiger partial charge in [-0.3, -0.25) is 14.8 Å². The molecule has 29 heavy (non-hydrogen) atoms. The number of nitrogens with one attached hydrogen (secondary N) is 1. The average molecular weight is 425 g/mol. The van der Waals surface area contributed by atoms with Crippen molar-refractivity contribution in [2.45, 2.75) is 19.9 Å². The van der Waals surface area contributed by atoms with E-state index in [0.717, 1.165) is 43.6 Å². The zero-order chi connectivity index (χ0) is 20.1. The Kier molecular flexibility index (Phi) is 4.46. The molecule has 0 atom stereocenters. The minimum absolute atomic E-state index is 0.0439. The standard InChI is InChI=1S/C21H17ClN4O2S/c1-10-16-17(12-3-4-14-15(7-12)24-6-5-23-14)19(20(27)26-13-8-28-9-13)29-21(16)25-11(2)18(10)22/h3-7,13H,8-9H2,1-2H3,(H,26,27). The molecule has 6 nitrogen and oxygen atoms in total. The lowest BCUT2D eigenvalue weighted by atomic mass is 9.99. The lowest BCUT2D eigenvalue weighted by molar-refractivity contribution is -0.00337. The number of hydrogen-bond acceptors (Lipinski definition) is 6. The van der Waals surface area contributed by atoms with Gasteiger partial charge >= 0.3 is 0 Å². The molecular formula is C21H17ClN4O2S. The summed E-state index contributed by atoms with van der Waals surface area (Å²) in [5.41, 5.74) is 4.98. The normalized spacial score (nSPS) is 14.3. The van der Waals surface area contributed by atoms with E-state index in [1.807, 2.05) is 32.0 Å². The third kappa shape index (κ3) is 3.06. The summed E-state index contributed by atoms with van der Waals surface area (Å²) >= 11 is 7.91. The molecule has 1 aliphatic rings. The van der Waals surface area contributed by atoms with Crippen molar-refractivity contribution < 1.29 is 9.53 Å². The third-order valence-corrected chi connectivity index (χ3v) is 6.76. The van der Waals surface area contributed by atoms with Crippen molar-refractivity contribution in [2.75, 3.05) is 13.2 Å². The Morgan fingerprint density at radius 1 is 1.21 bits per heavy atom. The van der Waals surface area contributed by atoms with Crippen LogP contribution in [0.1, 0.15) is 20.9 Å². The molecule has 0 radical (unpaired) electrons. The molecule has 1 saturated heterocycles. The van der Waals surface area contributed by atoms with E-state index in [-0.39, 0.29) is 11.9 Å². The van der Waals surface area contributed by atoms with Gasteiger partial charge in [-0.25, -0.2) is 4.98 Å². The summed E-state index contributed by atoms with van der Waals surface area (Å²) in [5.74, 6) is -0.122. The summed E-state index contributed by atoms with van der Waals surface area (Å²) < 4.78 is 5.19. The van der Waals surface area contributed by atoms with E-state index in [1.165, 1.54) is 11.3 Å². The molecule has 0 bridgehead atoms. The van der Waals surface area contributed by atoms with Crippen molar-refractivity contribution in [2.24, 2.45) is 0 Å². The number of benzene rings is 1. The molecule has 0 aliphatic carbocycles. The number of nitrogens with zero attached hydrogens (tertiary/aromatic N) is 3. The van der Waals surface area contributed by atoms with Gasteiger partial charge in [-0.05, 0) is 37.1 Å². The first-order valence-corrected chi connectivity index (χ1v) is 10.4. The van der Waals surface area contributed by atoms with Gasteiger partial charge in [0.2, 0.25) is 0 Å². The maximum atomic E-state index is 13.1. The quantitative estimate of drug-likeness (QED) is 0.530. The first-order valence-electron chi connectivity index (χ1n) is 9.22. The van der Waals surface area contributed by atoms with Crippen LogP contribution in [0, 0.1) is 13.8 Å². The molecular weight excluding hydrogens is 408 g/mol. The van der Waals surface area contributed by atoms with Crippen LogP contribution in [0.15, 0.2) is 30.6 Å². The Balaban J connectivity index is 1.76. The number of aromatic nitrogens is 3. The highest BCUT2D eigenvalue weighted by molar-refractivity contribution is 7.21. The van der Waals surface area contributed by atoms with E-state index in [0.29, 0.717) is 23.1 Å². The number of pyridine rings is 1. The second-order valence-corrected chi connectivity index (χ2v) is 8.47. The fraction of sp³-hybridized carbons (Fsp3) is 0.238. The second-order valence-electron chi connectivity index (χ2n) is 7.09. The number of carbonyl (C=O) groups excluding carboxylic acids is 1. The Morgan fingerprint density at radius 3 is 2.69 bits per heavy atom. The van der Waals surface area contributed by atoms with E-state index >= 15 is 0 Å². The average Bonchev–Trinajstić information content (AvgIpc) is 3.08. The molecule has 3 aromatic heterocycles. The Labute approximate surface area is 175 Å². The molecule has 1 fully saturated rings. The number of thiophene rings is 1. The summed E-state index contributed by atoms with van der Waals surface area (Å²) in [6.45, 7) is 4.93. The van der Waals surface area contributed by atoms with Crippen LogP contribution >= 0.6 is 22.9 Å². The van der Waals surface area contributed by atoms with Crippen LogP contribution in [0.5, 0.6) is 0 Å².